The molecule has 0 unspecified atom stereocenters. The van der Waals surface area contributed by atoms with Crippen molar-refractivity contribution in [2.75, 3.05) is 13.7 Å². The van der Waals surface area contributed by atoms with E-state index in [-0.39, 0.29) is 29.6 Å². The van der Waals surface area contributed by atoms with Crippen molar-refractivity contribution >= 4 is 23.5 Å². The van der Waals surface area contributed by atoms with Gasteiger partial charge in [-0.1, -0.05) is 29.8 Å². The number of hydrogen-bond donors (Lipinski definition) is 0. The Labute approximate surface area is 143 Å². The van der Waals surface area contributed by atoms with E-state index in [1.54, 1.807) is 12.1 Å². The van der Waals surface area contributed by atoms with Crippen molar-refractivity contribution in [2.45, 2.75) is 18.2 Å². The fraction of sp³-hybridized carbons (Fsp3) is 0.412. The maximum atomic E-state index is 14.0. The lowest BCUT2D eigenvalue weighted by molar-refractivity contribution is -0.151. The molecule has 126 valence electrons. The van der Waals surface area contributed by atoms with Crippen molar-refractivity contribution in [3.8, 4) is 0 Å². The molecule has 0 aliphatic carbocycles. The smallest absolute Gasteiger partial charge is 0.312 e. The van der Waals surface area contributed by atoms with Gasteiger partial charge >= 0.3 is 5.97 Å². The quantitative estimate of drug-likeness (QED) is 0.617. The zero-order chi connectivity index (χ0) is 17.1. The first-order valence-corrected chi connectivity index (χ1v) is 8.01. The number of amides is 1. The summed E-state index contributed by atoms with van der Waals surface area (Å²) in [5.41, 5.74) is -0.574. The summed E-state index contributed by atoms with van der Waals surface area (Å²) < 4.78 is 24.8. The first-order chi connectivity index (χ1) is 11.5. The number of rotatable bonds is 3. The molecule has 3 aliphatic rings. The minimum Gasteiger partial charge on any atom is -0.469 e. The Morgan fingerprint density at radius 2 is 2.33 bits per heavy atom. The molecule has 0 aromatic heterocycles. The average molecular weight is 352 g/mol. The molecule has 2 saturated heterocycles. The zero-order valence-electron chi connectivity index (χ0n) is 12.9. The molecule has 1 amide bonds. The lowest BCUT2D eigenvalue weighted by Crippen LogP contribution is -2.39. The lowest BCUT2D eigenvalue weighted by Gasteiger charge is -2.22. The predicted molar refractivity (Wildman–Crippen MR) is 82.6 cm³/mol. The summed E-state index contributed by atoms with van der Waals surface area (Å²) >= 11 is 6.06. The fourth-order valence-corrected chi connectivity index (χ4v) is 4.21. The van der Waals surface area contributed by atoms with Crippen LogP contribution in [0.15, 0.2) is 30.4 Å². The van der Waals surface area contributed by atoms with Crippen LogP contribution in [0.1, 0.15) is 5.56 Å². The SMILES string of the molecule is COC(=O)[C@@H]1[C@H]2C(=O)N(Cc3c(F)cccc3Cl)C[C@]23C=C[C@H]1O3. The van der Waals surface area contributed by atoms with E-state index in [1.165, 1.54) is 24.1 Å². The summed E-state index contributed by atoms with van der Waals surface area (Å²) in [6.45, 7) is 0.306. The molecule has 3 heterocycles. The number of hydrogen-bond acceptors (Lipinski definition) is 4. The Hall–Kier alpha value is -1.92. The molecule has 4 atom stereocenters. The summed E-state index contributed by atoms with van der Waals surface area (Å²) in [7, 11) is 1.29. The van der Waals surface area contributed by atoms with Crippen molar-refractivity contribution in [2.24, 2.45) is 11.8 Å². The molecular formula is C17H15ClFNO4. The number of carbonyl (C=O) groups excluding carboxylic acids is 2. The number of nitrogens with zero attached hydrogens (tertiary/aromatic N) is 1. The minimum atomic E-state index is -0.835. The molecule has 5 nitrogen and oxygen atoms in total. The molecule has 0 radical (unpaired) electrons. The minimum absolute atomic E-state index is 0.0400. The van der Waals surface area contributed by atoms with Crippen molar-refractivity contribution in [1.29, 1.82) is 0 Å². The molecule has 2 fully saturated rings. The summed E-state index contributed by atoms with van der Waals surface area (Å²) in [5, 5.41) is 0.266. The number of methoxy groups -OCH3 is 1. The average Bonchev–Trinajstić information content (AvgIpc) is 3.19. The van der Waals surface area contributed by atoms with Crippen LogP contribution in [0.3, 0.4) is 0 Å². The van der Waals surface area contributed by atoms with Gasteiger partial charge < -0.3 is 14.4 Å². The van der Waals surface area contributed by atoms with E-state index in [2.05, 4.69) is 0 Å². The van der Waals surface area contributed by atoms with Crippen LogP contribution in [0.5, 0.6) is 0 Å². The lowest BCUT2D eigenvalue weighted by atomic mass is 9.77. The third-order valence-electron chi connectivity index (χ3n) is 5.06. The summed E-state index contributed by atoms with van der Waals surface area (Å²) in [4.78, 5) is 26.4. The Balaban J connectivity index is 1.65. The highest BCUT2D eigenvalue weighted by atomic mass is 35.5. The van der Waals surface area contributed by atoms with Gasteiger partial charge in [0, 0.05) is 10.6 Å². The van der Waals surface area contributed by atoms with Gasteiger partial charge in [0.25, 0.3) is 0 Å². The molecular weight excluding hydrogens is 337 g/mol. The zero-order valence-corrected chi connectivity index (χ0v) is 13.6. The van der Waals surface area contributed by atoms with Crippen molar-refractivity contribution in [1.82, 2.24) is 4.90 Å². The Kier molecular flexibility index (Phi) is 3.44. The molecule has 7 heteroatoms. The second-order valence-corrected chi connectivity index (χ2v) is 6.72. The van der Waals surface area contributed by atoms with E-state index in [0.717, 1.165) is 0 Å². The van der Waals surface area contributed by atoms with Crippen LogP contribution >= 0.6 is 11.6 Å². The number of esters is 1. The van der Waals surface area contributed by atoms with Crippen LogP contribution in [-0.4, -0.2) is 42.1 Å². The number of halogens is 2. The fourth-order valence-electron chi connectivity index (χ4n) is 3.99. The van der Waals surface area contributed by atoms with Gasteiger partial charge in [-0.2, -0.15) is 0 Å². The Morgan fingerprint density at radius 3 is 3.04 bits per heavy atom. The molecule has 1 aromatic rings. The van der Waals surface area contributed by atoms with Crippen LogP contribution in [0, 0.1) is 17.7 Å². The Bertz CT molecular complexity index is 747. The maximum absolute atomic E-state index is 14.0. The van der Waals surface area contributed by atoms with Crippen molar-refractivity contribution in [3.05, 3.63) is 46.8 Å². The molecule has 1 aromatic carbocycles. The number of fused-ring (bicyclic) bond motifs is 1. The first kappa shape index (κ1) is 15.6. The van der Waals surface area contributed by atoms with Crippen LogP contribution in [-0.2, 0) is 25.6 Å². The number of likely N-dealkylation sites (tertiary alicyclic amines) is 1. The summed E-state index contributed by atoms with van der Waals surface area (Å²) in [5.74, 6) is -2.46. The van der Waals surface area contributed by atoms with Crippen LogP contribution < -0.4 is 0 Å². The second kappa shape index (κ2) is 5.29. The summed E-state index contributed by atoms with van der Waals surface area (Å²) in [6, 6.07) is 4.40. The van der Waals surface area contributed by atoms with E-state index in [0.29, 0.717) is 0 Å². The topological polar surface area (TPSA) is 55.8 Å². The van der Waals surface area contributed by atoms with E-state index in [9.17, 15) is 14.0 Å². The monoisotopic (exact) mass is 351 g/mol. The number of benzene rings is 1. The first-order valence-electron chi connectivity index (χ1n) is 7.63. The number of carbonyl (C=O) groups is 2. The molecule has 3 aliphatic heterocycles. The van der Waals surface area contributed by atoms with Gasteiger partial charge in [0.15, 0.2) is 0 Å². The van der Waals surface area contributed by atoms with Gasteiger partial charge in [-0.3, -0.25) is 9.59 Å². The molecule has 0 saturated carbocycles. The third kappa shape index (κ3) is 2.03. The largest absolute Gasteiger partial charge is 0.469 e. The third-order valence-corrected chi connectivity index (χ3v) is 5.42. The van der Waals surface area contributed by atoms with Crippen molar-refractivity contribution in [3.63, 3.8) is 0 Å². The highest BCUT2D eigenvalue weighted by molar-refractivity contribution is 6.31. The van der Waals surface area contributed by atoms with Gasteiger partial charge in [-0.05, 0) is 12.1 Å². The maximum Gasteiger partial charge on any atom is 0.312 e. The highest BCUT2D eigenvalue weighted by Crippen LogP contribution is 2.52. The van der Waals surface area contributed by atoms with Crippen LogP contribution in [0.2, 0.25) is 5.02 Å². The highest BCUT2D eigenvalue weighted by Gasteiger charge is 2.67. The molecule has 2 bridgehead atoms. The van der Waals surface area contributed by atoms with Gasteiger partial charge in [-0.25, -0.2) is 4.39 Å². The van der Waals surface area contributed by atoms with E-state index < -0.39 is 35.3 Å². The van der Waals surface area contributed by atoms with Crippen molar-refractivity contribution < 1.29 is 23.5 Å². The molecule has 0 N–H and O–H groups in total. The van der Waals surface area contributed by atoms with Crippen LogP contribution in [0.25, 0.3) is 0 Å². The summed E-state index contributed by atoms with van der Waals surface area (Å²) in [6.07, 6.45) is 3.19. The Morgan fingerprint density at radius 1 is 1.54 bits per heavy atom. The number of ether oxygens (including phenoxy) is 2. The van der Waals surface area contributed by atoms with Gasteiger partial charge in [0.2, 0.25) is 5.91 Å². The van der Waals surface area contributed by atoms with Crippen LogP contribution in [0.4, 0.5) is 4.39 Å². The molecule has 4 rings (SSSR count). The standard InChI is InChI=1S/C17H15ClFNO4/c1-23-16(22)13-12-5-6-17(24-12)8-20(15(21)14(13)17)7-9-10(18)3-2-4-11(9)19/h2-6,12-14H,7-8H2,1H3/t12-,13+,14+,17-/m1/s1. The normalized spacial score (nSPS) is 33.2. The van der Waals surface area contributed by atoms with E-state index in [4.69, 9.17) is 21.1 Å². The molecule has 24 heavy (non-hydrogen) atoms. The van der Waals surface area contributed by atoms with E-state index >= 15 is 0 Å². The van der Waals surface area contributed by atoms with E-state index in [1.807, 2.05) is 6.08 Å². The van der Waals surface area contributed by atoms with Gasteiger partial charge in [0.05, 0.1) is 32.2 Å². The second-order valence-electron chi connectivity index (χ2n) is 6.32. The van der Waals surface area contributed by atoms with Gasteiger partial charge in [0.1, 0.15) is 17.3 Å². The predicted octanol–water partition coefficient (Wildman–Crippen LogP) is 1.93. The van der Waals surface area contributed by atoms with Gasteiger partial charge in [-0.15, -0.1) is 0 Å². The molecule has 1 spiro atoms.